The average Bonchev–Trinajstić information content (AvgIpc) is 3.03. The van der Waals surface area contributed by atoms with Gasteiger partial charge in [-0.1, -0.05) is 37.4 Å². The largest absolute Gasteiger partial charge is 0.290 e. The van der Waals surface area contributed by atoms with Gasteiger partial charge in [-0.2, -0.15) is 10.1 Å². The summed E-state index contributed by atoms with van der Waals surface area (Å²) in [5, 5.41) is 4.49. The summed E-state index contributed by atoms with van der Waals surface area (Å²) in [6.07, 6.45) is 5.39. The number of benzene rings is 1. The third-order valence-corrected chi connectivity index (χ3v) is 5.41. The Morgan fingerprint density at radius 2 is 2.00 bits per heavy atom. The summed E-state index contributed by atoms with van der Waals surface area (Å²) in [4.78, 5) is 19.6. The van der Waals surface area contributed by atoms with Crippen LogP contribution in [0.25, 0.3) is 16.9 Å². The summed E-state index contributed by atoms with van der Waals surface area (Å²) < 4.78 is 16.2. The van der Waals surface area contributed by atoms with Crippen LogP contribution in [-0.2, 0) is 0 Å². The summed E-state index contributed by atoms with van der Waals surface area (Å²) in [5.74, 6) is 0.635. The molecular weight excluding hydrogens is 343 g/mol. The topological polar surface area (TPSA) is 63.0 Å². The number of H-pyrrole nitrogens is 1. The quantitative estimate of drug-likeness (QED) is 0.746. The van der Waals surface area contributed by atoms with Gasteiger partial charge >= 0.3 is 0 Å². The summed E-state index contributed by atoms with van der Waals surface area (Å²) in [7, 11) is 0. The molecule has 0 spiro atoms. The highest BCUT2D eigenvalue weighted by atomic mass is 35.5. The van der Waals surface area contributed by atoms with Crippen LogP contribution in [0.3, 0.4) is 0 Å². The van der Waals surface area contributed by atoms with Gasteiger partial charge in [-0.15, -0.1) is 0 Å². The summed E-state index contributed by atoms with van der Waals surface area (Å²) >= 11 is 6.26. The number of nitrogens with one attached hydrogen (secondary N) is 1. The van der Waals surface area contributed by atoms with Gasteiger partial charge in [0.05, 0.1) is 16.3 Å². The van der Waals surface area contributed by atoms with Gasteiger partial charge < -0.3 is 0 Å². The molecule has 0 saturated heterocycles. The maximum Gasteiger partial charge on any atom is 0.260 e. The lowest BCUT2D eigenvalue weighted by Gasteiger charge is -2.28. The van der Waals surface area contributed by atoms with Crippen LogP contribution < -0.4 is 5.56 Å². The second-order valence-corrected chi connectivity index (χ2v) is 7.17. The Balaban J connectivity index is 2.02. The summed E-state index contributed by atoms with van der Waals surface area (Å²) in [5.41, 5.74) is 0.716. The molecule has 0 amide bonds. The molecule has 1 saturated carbocycles. The van der Waals surface area contributed by atoms with E-state index in [1.807, 2.05) is 0 Å². The zero-order chi connectivity index (χ0) is 17.6. The Kier molecular flexibility index (Phi) is 4.07. The Hall–Kier alpha value is -2.21. The van der Waals surface area contributed by atoms with Gasteiger partial charge in [0.15, 0.2) is 0 Å². The lowest BCUT2D eigenvalue weighted by molar-refractivity contribution is 0.341. The molecular formula is C18H18ClFN4O. The molecule has 0 unspecified atom stereocenters. The molecule has 2 heterocycles. The van der Waals surface area contributed by atoms with Gasteiger partial charge in [-0.05, 0) is 30.9 Å². The number of hydrogen-bond donors (Lipinski definition) is 1. The lowest BCUT2D eigenvalue weighted by Crippen LogP contribution is -2.22. The molecule has 5 nitrogen and oxygen atoms in total. The molecule has 1 aromatic carbocycles. The van der Waals surface area contributed by atoms with E-state index in [4.69, 9.17) is 11.6 Å². The number of aromatic nitrogens is 4. The van der Waals surface area contributed by atoms with E-state index in [1.54, 1.807) is 10.6 Å². The summed E-state index contributed by atoms with van der Waals surface area (Å²) in [6.45, 7) is 2.23. The van der Waals surface area contributed by atoms with E-state index in [2.05, 4.69) is 22.0 Å². The van der Waals surface area contributed by atoms with Gasteiger partial charge in [0, 0.05) is 11.5 Å². The van der Waals surface area contributed by atoms with Crippen molar-refractivity contribution in [3.05, 3.63) is 51.4 Å². The Morgan fingerprint density at radius 3 is 2.72 bits per heavy atom. The zero-order valence-electron chi connectivity index (χ0n) is 13.8. The van der Waals surface area contributed by atoms with Crippen molar-refractivity contribution in [1.82, 2.24) is 19.6 Å². The molecule has 2 aromatic heterocycles. The second-order valence-electron chi connectivity index (χ2n) is 6.76. The second kappa shape index (κ2) is 6.26. The van der Waals surface area contributed by atoms with Crippen LogP contribution in [0.1, 0.15) is 44.2 Å². The molecule has 130 valence electrons. The Bertz CT molecular complexity index is 968. The molecule has 0 bridgehead atoms. The molecule has 4 rings (SSSR count). The van der Waals surface area contributed by atoms with Crippen LogP contribution in [0.2, 0.25) is 5.02 Å². The van der Waals surface area contributed by atoms with E-state index in [0.717, 1.165) is 25.7 Å². The Labute approximate surface area is 148 Å². The number of rotatable bonds is 2. The van der Waals surface area contributed by atoms with Crippen molar-refractivity contribution in [2.45, 2.75) is 38.5 Å². The molecule has 1 N–H and O–H groups in total. The predicted molar refractivity (Wildman–Crippen MR) is 94.4 cm³/mol. The van der Waals surface area contributed by atoms with Crippen molar-refractivity contribution < 1.29 is 4.39 Å². The fourth-order valence-corrected chi connectivity index (χ4v) is 4.04. The van der Waals surface area contributed by atoms with Crippen molar-refractivity contribution in [3.63, 3.8) is 0 Å². The number of halogens is 2. The molecule has 3 aromatic rings. The molecule has 0 radical (unpaired) electrons. The first-order valence-corrected chi connectivity index (χ1v) is 8.84. The third-order valence-electron chi connectivity index (χ3n) is 5.10. The standard InChI is InChI=1S/C18H18ClFN4O/c1-10-5-7-11(8-6-10)16-15(14-12(19)3-2-4-13(14)20)17(25)23-18-21-9-22-24(16)18/h2-4,9-11H,5-8H2,1H3,(H,21,22,23,25). The lowest BCUT2D eigenvalue weighted by atomic mass is 9.79. The molecule has 0 atom stereocenters. The van der Waals surface area contributed by atoms with E-state index in [-0.39, 0.29) is 27.6 Å². The van der Waals surface area contributed by atoms with Crippen molar-refractivity contribution >= 4 is 17.4 Å². The molecule has 1 fully saturated rings. The fraction of sp³-hybridized carbons (Fsp3) is 0.389. The average molecular weight is 361 g/mol. The van der Waals surface area contributed by atoms with Gasteiger partial charge in [0.25, 0.3) is 5.56 Å². The van der Waals surface area contributed by atoms with Crippen LogP contribution in [0.5, 0.6) is 0 Å². The molecule has 0 aliphatic heterocycles. The minimum Gasteiger partial charge on any atom is -0.290 e. The van der Waals surface area contributed by atoms with Gasteiger partial charge in [-0.25, -0.2) is 8.91 Å². The number of aromatic amines is 1. The molecule has 1 aliphatic rings. The number of fused-ring (bicyclic) bond motifs is 1. The van der Waals surface area contributed by atoms with Crippen molar-refractivity contribution in [3.8, 4) is 11.1 Å². The zero-order valence-corrected chi connectivity index (χ0v) is 14.6. The van der Waals surface area contributed by atoms with E-state index < -0.39 is 5.82 Å². The molecule has 1 aliphatic carbocycles. The smallest absolute Gasteiger partial charge is 0.260 e. The first-order chi connectivity index (χ1) is 12.1. The highest BCUT2D eigenvalue weighted by Gasteiger charge is 2.29. The Morgan fingerprint density at radius 1 is 1.24 bits per heavy atom. The highest BCUT2D eigenvalue weighted by Crippen LogP contribution is 2.40. The minimum absolute atomic E-state index is 0.119. The van der Waals surface area contributed by atoms with Crippen LogP contribution in [0.4, 0.5) is 4.39 Å². The third kappa shape index (κ3) is 2.74. The van der Waals surface area contributed by atoms with E-state index in [9.17, 15) is 9.18 Å². The minimum atomic E-state index is -0.511. The van der Waals surface area contributed by atoms with Crippen LogP contribution in [-0.4, -0.2) is 19.6 Å². The number of hydrogen-bond acceptors (Lipinski definition) is 3. The predicted octanol–water partition coefficient (Wildman–Crippen LogP) is 4.17. The molecule has 7 heteroatoms. The first-order valence-electron chi connectivity index (χ1n) is 8.46. The van der Waals surface area contributed by atoms with Crippen molar-refractivity contribution in [2.24, 2.45) is 5.92 Å². The van der Waals surface area contributed by atoms with Gasteiger partial charge in [0.2, 0.25) is 5.78 Å². The highest BCUT2D eigenvalue weighted by molar-refractivity contribution is 6.33. The first kappa shape index (κ1) is 16.3. The van der Waals surface area contributed by atoms with Gasteiger partial charge in [0.1, 0.15) is 12.1 Å². The van der Waals surface area contributed by atoms with Crippen LogP contribution in [0, 0.1) is 11.7 Å². The SMILES string of the molecule is CC1CCC(c2c(-c3c(F)cccc3Cl)c(=O)[nH]c3ncnn23)CC1. The van der Waals surface area contributed by atoms with Crippen molar-refractivity contribution in [1.29, 1.82) is 0 Å². The van der Waals surface area contributed by atoms with E-state index in [1.165, 1.54) is 18.5 Å². The van der Waals surface area contributed by atoms with Gasteiger partial charge in [-0.3, -0.25) is 9.78 Å². The monoisotopic (exact) mass is 360 g/mol. The maximum atomic E-state index is 14.6. The van der Waals surface area contributed by atoms with E-state index in [0.29, 0.717) is 17.4 Å². The normalized spacial score (nSPS) is 20.9. The summed E-state index contributed by atoms with van der Waals surface area (Å²) in [6, 6.07) is 4.45. The van der Waals surface area contributed by atoms with Crippen LogP contribution >= 0.6 is 11.6 Å². The van der Waals surface area contributed by atoms with Crippen molar-refractivity contribution in [2.75, 3.05) is 0 Å². The molecule has 25 heavy (non-hydrogen) atoms. The fourth-order valence-electron chi connectivity index (χ4n) is 3.78. The number of nitrogens with zero attached hydrogens (tertiary/aromatic N) is 3. The van der Waals surface area contributed by atoms with Crippen LogP contribution in [0.15, 0.2) is 29.3 Å². The van der Waals surface area contributed by atoms with E-state index >= 15 is 0 Å². The maximum absolute atomic E-state index is 14.6.